The number of carbonyl (C=O) groups excluding carboxylic acids is 1. The highest BCUT2D eigenvalue weighted by molar-refractivity contribution is 7.92. The van der Waals surface area contributed by atoms with Crippen LogP contribution in [-0.2, 0) is 16.6 Å². The molecule has 1 fully saturated rings. The Morgan fingerprint density at radius 2 is 1.69 bits per heavy atom. The summed E-state index contributed by atoms with van der Waals surface area (Å²) >= 11 is 0. The summed E-state index contributed by atoms with van der Waals surface area (Å²) in [5.41, 5.74) is 3.53. The van der Waals surface area contributed by atoms with E-state index in [1.54, 1.807) is 24.3 Å². The Labute approximate surface area is 173 Å². The molecule has 0 aromatic heterocycles. The fourth-order valence-corrected chi connectivity index (χ4v) is 4.04. The number of amides is 1. The predicted octanol–water partition coefficient (Wildman–Crippen LogP) is 3.14. The van der Waals surface area contributed by atoms with E-state index in [0.29, 0.717) is 30.3 Å². The molecule has 1 aliphatic heterocycles. The van der Waals surface area contributed by atoms with E-state index in [9.17, 15) is 13.2 Å². The number of rotatable bonds is 6. The van der Waals surface area contributed by atoms with Gasteiger partial charge in [0.2, 0.25) is 10.0 Å². The van der Waals surface area contributed by atoms with E-state index in [1.165, 1.54) is 11.1 Å². The number of anilines is 1. The van der Waals surface area contributed by atoms with E-state index in [4.69, 9.17) is 0 Å². The minimum absolute atomic E-state index is 0.0666. The third kappa shape index (κ3) is 6.05. The molecule has 3 rings (SSSR count). The SMILES string of the molecule is CC(C)c1ccc(CN2CCN(C(=O)c3cccc(NS(C)(=O)=O)c3)CC2)cc1. The number of carbonyl (C=O) groups is 1. The van der Waals surface area contributed by atoms with E-state index in [1.807, 2.05) is 4.90 Å². The summed E-state index contributed by atoms with van der Waals surface area (Å²) in [6.45, 7) is 8.22. The van der Waals surface area contributed by atoms with Gasteiger partial charge in [0.05, 0.1) is 6.26 Å². The molecule has 1 aliphatic rings. The van der Waals surface area contributed by atoms with Gasteiger partial charge in [-0.3, -0.25) is 14.4 Å². The monoisotopic (exact) mass is 415 g/mol. The first kappa shape index (κ1) is 21.3. The molecule has 0 unspecified atom stereocenters. The van der Waals surface area contributed by atoms with Crippen molar-refractivity contribution in [2.75, 3.05) is 37.2 Å². The first-order chi connectivity index (χ1) is 13.7. The first-order valence-corrected chi connectivity index (χ1v) is 11.8. The van der Waals surface area contributed by atoms with E-state index in [0.717, 1.165) is 25.9 Å². The van der Waals surface area contributed by atoms with E-state index in [-0.39, 0.29) is 5.91 Å². The van der Waals surface area contributed by atoms with Crippen molar-refractivity contribution in [1.29, 1.82) is 0 Å². The predicted molar refractivity (Wildman–Crippen MR) is 117 cm³/mol. The molecule has 1 N–H and O–H groups in total. The lowest BCUT2D eigenvalue weighted by atomic mass is 10.0. The molecule has 1 heterocycles. The van der Waals surface area contributed by atoms with Gasteiger partial charge in [0.25, 0.3) is 5.91 Å². The van der Waals surface area contributed by atoms with E-state index < -0.39 is 10.0 Å². The maximum atomic E-state index is 12.8. The van der Waals surface area contributed by atoms with Crippen LogP contribution >= 0.6 is 0 Å². The topological polar surface area (TPSA) is 69.7 Å². The zero-order valence-electron chi connectivity index (χ0n) is 17.3. The van der Waals surface area contributed by atoms with Gasteiger partial charge in [-0.25, -0.2) is 8.42 Å². The van der Waals surface area contributed by atoms with Crippen molar-refractivity contribution in [3.63, 3.8) is 0 Å². The zero-order valence-corrected chi connectivity index (χ0v) is 18.1. The highest BCUT2D eigenvalue weighted by atomic mass is 32.2. The van der Waals surface area contributed by atoms with Gasteiger partial charge >= 0.3 is 0 Å². The Morgan fingerprint density at radius 1 is 1.03 bits per heavy atom. The molecule has 6 nitrogen and oxygen atoms in total. The fraction of sp³-hybridized carbons (Fsp3) is 0.409. The fourth-order valence-electron chi connectivity index (χ4n) is 3.49. The molecule has 0 bridgehead atoms. The summed E-state index contributed by atoms with van der Waals surface area (Å²) in [5, 5.41) is 0. The quantitative estimate of drug-likeness (QED) is 0.787. The molecule has 7 heteroatoms. The van der Waals surface area contributed by atoms with Crippen LogP contribution in [0.5, 0.6) is 0 Å². The molecule has 0 radical (unpaired) electrons. The summed E-state index contributed by atoms with van der Waals surface area (Å²) < 4.78 is 25.2. The first-order valence-electron chi connectivity index (χ1n) is 9.89. The van der Waals surface area contributed by atoms with Gasteiger partial charge in [0, 0.05) is 44.0 Å². The largest absolute Gasteiger partial charge is 0.336 e. The maximum Gasteiger partial charge on any atom is 0.254 e. The molecular formula is C22H29N3O3S. The molecule has 1 saturated heterocycles. The number of piperazine rings is 1. The van der Waals surface area contributed by atoms with Crippen LogP contribution < -0.4 is 4.72 Å². The molecule has 0 spiro atoms. The Hall–Kier alpha value is -2.38. The van der Waals surface area contributed by atoms with Gasteiger partial charge in [-0.05, 0) is 35.2 Å². The molecule has 2 aromatic carbocycles. The van der Waals surface area contributed by atoms with Gasteiger partial charge in [-0.15, -0.1) is 0 Å². The molecule has 156 valence electrons. The third-order valence-electron chi connectivity index (χ3n) is 5.12. The van der Waals surface area contributed by atoms with E-state index >= 15 is 0 Å². The molecule has 0 saturated carbocycles. The Bertz CT molecular complexity index is 948. The number of benzene rings is 2. The Kier molecular flexibility index (Phi) is 6.59. The van der Waals surface area contributed by atoms with Crippen LogP contribution in [0.3, 0.4) is 0 Å². The summed E-state index contributed by atoms with van der Waals surface area (Å²) in [6, 6.07) is 15.4. The smallest absolute Gasteiger partial charge is 0.254 e. The van der Waals surface area contributed by atoms with Crippen LogP contribution in [0.2, 0.25) is 0 Å². The van der Waals surface area contributed by atoms with Crippen molar-refractivity contribution in [2.24, 2.45) is 0 Å². The lowest BCUT2D eigenvalue weighted by molar-refractivity contribution is 0.0628. The minimum atomic E-state index is -3.37. The van der Waals surface area contributed by atoms with Gasteiger partial charge in [-0.2, -0.15) is 0 Å². The highest BCUT2D eigenvalue weighted by Crippen LogP contribution is 2.18. The van der Waals surface area contributed by atoms with Crippen LogP contribution in [0.25, 0.3) is 0 Å². The number of hydrogen-bond donors (Lipinski definition) is 1. The van der Waals surface area contributed by atoms with Gasteiger partial charge in [-0.1, -0.05) is 44.2 Å². The van der Waals surface area contributed by atoms with E-state index in [2.05, 4.69) is 47.7 Å². The summed E-state index contributed by atoms with van der Waals surface area (Å²) in [4.78, 5) is 17.0. The standard InChI is InChI=1S/C22H29N3O3S/c1-17(2)19-9-7-18(8-10-19)16-24-11-13-25(14-12-24)22(26)20-5-4-6-21(15-20)23-29(3,27)28/h4-10,15,17,23H,11-14,16H2,1-3H3. The summed E-state index contributed by atoms with van der Waals surface area (Å²) in [5.74, 6) is 0.466. The van der Waals surface area contributed by atoms with Gasteiger partial charge in [0.1, 0.15) is 0 Å². The van der Waals surface area contributed by atoms with Crippen molar-refractivity contribution in [3.05, 3.63) is 65.2 Å². The normalized spacial score (nSPS) is 15.5. The summed E-state index contributed by atoms with van der Waals surface area (Å²) in [7, 11) is -3.37. The maximum absolute atomic E-state index is 12.8. The third-order valence-corrected chi connectivity index (χ3v) is 5.73. The number of nitrogens with one attached hydrogen (secondary N) is 1. The van der Waals surface area contributed by atoms with Crippen molar-refractivity contribution in [1.82, 2.24) is 9.80 Å². The summed E-state index contributed by atoms with van der Waals surface area (Å²) in [6.07, 6.45) is 1.09. The molecule has 2 aromatic rings. The van der Waals surface area contributed by atoms with Crippen LogP contribution in [0.15, 0.2) is 48.5 Å². The number of hydrogen-bond acceptors (Lipinski definition) is 4. The van der Waals surface area contributed by atoms with Crippen molar-refractivity contribution in [2.45, 2.75) is 26.3 Å². The van der Waals surface area contributed by atoms with Crippen LogP contribution in [-0.4, -0.2) is 56.6 Å². The molecule has 1 amide bonds. The van der Waals surface area contributed by atoms with Crippen molar-refractivity contribution >= 4 is 21.6 Å². The molecule has 29 heavy (non-hydrogen) atoms. The average Bonchev–Trinajstić information content (AvgIpc) is 2.67. The number of nitrogens with zero attached hydrogens (tertiary/aromatic N) is 2. The van der Waals surface area contributed by atoms with Crippen LogP contribution in [0.4, 0.5) is 5.69 Å². The lowest BCUT2D eigenvalue weighted by Crippen LogP contribution is -2.48. The molecular weight excluding hydrogens is 386 g/mol. The second-order valence-corrected chi connectivity index (χ2v) is 9.67. The Balaban J connectivity index is 1.56. The van der Waals surface area contributed by atoms with Crippen LogP contribution in [0, 0.1) is 0 Å². The van der Waals surface area contributed by atoms with Gasteiger partial charge in [0.15, 0.2) is 0 Å². The Morgan fingerprint density at radius 3 is 2.28 bits per heavy atom. The minimum Gasteiger partial charge on any atom is -0.336 e. The average molecular weight is 416 g/mol. The highest BCUT2D eigenvalue weighted by Gasteiger charge is 2.22. The van der Waals surface area contributed by atoms with Gasteiger partial charge < -0.3 is 4.90 Å². The zero-order chi connectivity index (χ0) is 21.0. The lowest BCUT2D eigenvalue weighted by Gasteiger charge is -2.35. The molecule has 0 aliphatic carbocycles. The van der Waals surface area contributed by atoms with Crippen molar-refractivity contribution < 1.29 is 13.2 Å². The second-order valence-electron chi connectivity index (χ2n) is 7.92. The van der Waals surface area contributed by atoms with Crippen molar-refractivity contribution in [3.8, 4) is 0 Å². The van der Waals surface area contributed by atoms with Crippen LogP contribution in [0.1, 0.15) is 41.3 Å². The number of sulfonamides is 1. The molecule has 0 atom stereocenters. The second kappa shape index (κ2) is 8.97.